The van der Waals surface area contributed by atoms with E-state index in [0.29, 0.717) is 5.89 Å². The topological polar surface area (TPSA) is 95.0 Å². The molecular weight excluding hydrogens is 306 g/mol. The highest BCUT2D eigenvalue weighted by molar-refractivity contribution is 5.90. The molecule has 1 aliphatic heterocycles. The summed E-state index contributed by atoms with van der Waals surface area (Å²) in [7, 11) is 0. The van der Waals surface area contributed by atoms with E-state index in [2.05, 4.69) is 26.4 Å². The minimum atomic E-state index is -0.284. The van der Waals surface area contributed by atoms with Crippen molar-refractivity contribution in [2.45, 2.75) is 64.5 Å². The Bertz CT molecular complexity index is 629. The molecule has 1 aromatic heterocycles. The number of aromatic nitrogens is 2. The number of nitrogens with zero attached hydrogens (tertiary/aromatic N) is 4. The fraction of sp³-hybridized carbons (Fsp3) is 0.765. The average molecular weight is 331 g/mol. The summed E-state index contributed by atoms with van der Waals surface area (Å²) in [5, 5.41) is 15.8. The summed E-state index contributed by atoms with van der Waals surface area (Å²) >= 11 is 0. The summed E-state index contributed by atoms with van der Waals surface area (Å²) in [5.41, 5.74) is -0.284. The highest BCUT2D eigenvalue weighted by atomic mass is 16.5. The Labute approximate surface area is 142 Å². The molecule has 0 bridgehead atoms. The first kappa shape index (κ1) is 16.9. The van der Waals surface area contributed by atoms with Crippen molar-refractivity contribution in [1.82, 2.24) is 20.4 Å². The molecule has 1 amide bonds. The van der Waals surface area contributed by atoms with Gasteiger partial charge in [0, 0.05) is 6.04 Å². The zero-order chi connectivity index (χ0) is 17.2. The molecule has 1 saturated carbocycles. The summed E-state index contributed by atoms with van der Waals surface area (Å²) < 4.78 is 5.35. The van der Waals surface area contributed by atoms with Gasteiger partial charge in [0.1, 0.15) is 0 Å². The van der Waals surface area contributed by atoms with Crippen LogP contribution in [0.1, 0.15) is 74.9 Å². The standard InChI is InChI=1S/C17H25N5O2/c1-17(2,11-18)8-4-10-22-9-3-5-13(22)16-20-14(21-24-16)15(23)19-12-6-7-12/h12-13H,3-10H2,1-2H3,(H,19,23)/t13-/m0/s1. The Morgan fingerprint density at radius 3 is 2.96 bits per heavy atom. The Morgan fingerprint density at radius 2 is 2.25 bits per heavy atom. The van der Waals surface area contributed by atoms with Gasteiger partial charge >= 0.3 is 0 Å². The predicted molar refractivity (Wildman–Crippen MR) is 87.0 cm³/mol. The Kier molecular flexibility index (Phi) is 4.86. The second-order valence-electron chi connectivity index (χ2n) is 7.50. The van der Waals surface area contributed by atoms with Crippen LogP contribution in [0.5, 0.6) is 0 Å². The largest absolute Gasteiger partial charge is 0.346 e. The molecule has 0 radical (unpaired) electrons. The monoisotopic (exact) mass is 331 g/mol. The number of rotatable bonds is 7. The van der Waals surface area contributed by atoms with Crippen LogP contribution >= 0.6 is 0 Å². The number of nitriles is 1. The van der Waals surface area contributed by atoms with E-state index in [9.17, 15) is 4.79 Å². The summed E-state index contributed by atoms with van der Waals surface area (Å²) in [6.07, 6.45) is 5.94. The van der Waals surface area contributed by atoms with E-state index >= 15 is 0 Å². The average Bonchev–Trinajstić information content (AvgIpc) is 3.04. The lowest BCUT2D eigenvalue weighted by atomic mass is 9.90. The first-order valence-electron chi connectivity index (χ1n) is 8.78. The number of carbonyl (C=O) groups excluding carboxylic acids is 1. The van der Waals surface area contributed by atoms with Crippen molar-refractivity contribution in [1.29, 1.82) is 5.26 Å². The van der Waals surface area contributed by atoms with E-state index in [1.165, 1.54) is 0 Å². The molecule has 1 atom stereocenters. The number of amides is 1. The number of likely N-dealkylation sites (tertiary alicyclic amines) is 1. The van der Waals surface area contributed by atoms with E-state index in [4.69, 9.17) is 9.78 Å². The molecule has 24 heavy (non-hydrogen) atoms. The number of hydrogen-bond acceptors (Lipinski definition) is 6. The molecule has 2 aliphatic rings. The van der Waals surface area contributed by atoms with E-state index in [0.717, 1.165) is 51.6 Å². The molecule has 1 aliphatic carbocycles. The van der Waals surface area contributed by atoms with Crippen LogP contribution in [-0.4, -0.2) is 40.1 Å². The lowest BCUT2D eigenvalue weighted by Crippen LogP contribution is -2.27. The lowest BCUT2D eigenvalue weighted by Gasteiger charge is -2.23. The van der Waals surface area contributed by atoms with Crippen molar-refractivity contribution in [2.75, 3.05) is 13.1 Å². The van der Waals surface area contributed by atoms with Crippen molar-refractivity contribution in [3.05, 3.63) is 11.7 Å². The zero-order valence-corrected chi connectivity index (χ0v) is 14.4. The van der Waals surface area contributed by atoms with Crippen LogP contribution < -0.4 is 5.32 Å². The number of hydrogen-bond donors (Lipinski definition) is 1. The van der Waals surface area contributed by atoms with Crippen LogP contribution in [0.15, 0.2) is 4.52 Å². The zero-order valence-electron chi connectivity index (χ0n) is 14.4. The fourth-order valence-electron chi connectivity index (χ4n) is 3.09. The summed E-state index contributed by atoms with van der Waals surface area (Å²) in [5.74, 6) is 0.426. The highest BCUT2D eigenvalue weighted by Gasteiger charge is 2.32. The van der Waals surface area contributed by atoms with Gasteiger partial charge in [-0.1, -0.05) is 5.16 Å². The van der Waals surface area contributed by atoms with Crippen LogP contribution in [0.2, 0.25) is 0 Å². The van der Waals surface area contributed by atoms with Crippen LogP contribution in [0.4, 0.5) is 0 Å². The minimum Gasteiger partial charge on any atom is -0.346 e. The summed E-state index contributed by atoms with van der Waals surface area (Å²) in [6.45, 7) is 5.83. The number of nitrogens with one attached hydrogen (secondary N) is 1. The number of carbonyl (C=O) groups is 1. The van der Waals surface area contributed by atoms with E-state index < -0.39 is 0 Å². The normalized spacial score (nSPS) is 21.6. The highest BCUT2D eigenvalue weighted by Crippen LogP contribution is 2.32. The Morgan fingerprint density at radius 1 is 1.46 bits per heavy atom. The van der Waals surface area contributed by atoms with Gasteiger partial charge < -0.3 is 9.84 Å². The molecule has 1 aromatic rings. The van der Waals surface area contributed by atoms with Crippen molar-refractivity contribution in [3.8, 4) is 6.07 Å². The molecule has 7 nitrogen and oxygen atoms in total. The van der Waals surface area contributed by atoms with Crippen LogP contribution in [-0.2, 0) is 0 Å². The van der Waals surface area contributed by atoms with Crippen LogP contribution in [0, 0.1) is 16.7 Å². The van der Waals surface area contributed by atoms with Gasteiger partial charge in [0.25, 0.3) is 11.7 Å². The Hall–Kier alpha value is -1.94. The summed E-state index contributed by atoms with van der Waals surface area (Å²) in [4.78, 5) is 18.6. The quantitative estimate of drug-likeness (QED) is 0.824. The van der Waals surface area contributed by atoms with Crippen LogP contribution in [0.25, 0.3) is 0 Å². The van der Waals surface area contributed by atoms with Crippen LogP contribution in [0.3, 0.4) is 0 Å². The minimum absolute atomic E-state index is 0.0881. The SMILES string of the molecule is CC(C)(C#N)CCCN1CCC[C@H]1c1nc(C(=O)NC2CC2)no1. The maximum Gasteiger partial charge on any atom is 0.292 e. The first-order chi connectivity index (χ1) is 11.5. The Balaban J connectivity index is 1.56. The maximum absolute atomic E-state index is 12.0. The van der Waals surface area contributed by atoms with Gasteiger partial charge in [0.15, 0.2) is 0 Å². The van der Waals surface area contributed by atoms with Gasteiger partial charge in [-0.3, -0.25) is 9.69 Å². The second-order valence-corrected chi connectivity index (χ2v) is 7.50. The molecule has 3 rings (SSSR count). The molecule has 130 valence electrons. The third-order valence-electron chi connectivity index (χ3n) is 4.76. The maximum atomic E-state index is 12.0. The third-order valence-corrected chi connectivity index (χ3v) is 4.76. The van der Waals surface area contributed by atoms with Crippen molar-refractivity contribution >= 4 is 5.91 Å². The smallest absolute Gasteiger partial charge is 0.292 e. The molecule has 0 spiro atoms. The molecule has 0 aromatic carbocycles. The predicted octanol–water partition coefficient (Wildman–Crippen LogP) is 2.43. The van der Waals surface area contributed by atoms with Crippen molar-refractivity contribution < 1.29 is 9.32 Å². The lowest BCUT2D eigenvalue weighted by molar-refractivity contribution is 0.0937. The van der Waals surface area contributed by atoms with Crippen molar-refractivity contribution in [2.24, 2.45) is 5.41 Å². The molecular formula is C17H25N5O2. The van der Waals surface area contributed by atoms with Gasteiger partial charge in [0.2, 0.25) is 5.89 Å². The van der Waals surface area contributed by atoms with Crippen molar-refractivity contribution in [3.63, 3.8) is 0 Å². The molecule has 7 heteroatoms. The van der Waals surface area contributed by atoms with Gasteiger partial charge in [-0.15, -0.1) is 0 Å². The van der Waals surface area contributed by atoms with E-state index in [-0.39, 0.29) is 29.2 Å². The van der Waals surface area contributed by atoms with E-state index in [1.54, 1.807) is 0 Å². The molecule has 2 heterocycles. The molecule has 2 fully saturated rings. The van der Waals surface area contributed by atoms with E-state index in [1.807, 2.05) is 13.8 Å². The molecule has 1 saturated heterocycles. The van der Waals surface area contributed by atoms with Gasteiger partial charge in [0.05, 0.1) is 17.5 Å². The molecule has 1 N–H and O–H groups in total. The van der Waals surface area contributed by atoms with Gasteiger partial charge in [-0.05, 0) is 65.5 Å². The molecule has 0 unspecified atom stereocenters. The fourth-order valence-corrected chi connectivity index (χ4v) is 3.09. The summed E-state index contributed by atoms with van der Waals surface area (Å²) in [6, 6.07) is 2.71. The second kappa shape index (κ2) is 6.89. The third kappa shape index (κ3) is 4.12. The van der Waals surface area contributed by atoms with Gasteiger partial charge in [-0.2, -0.15) is 10.2 Å². The van der Waals surface area contributed by atoms with Gasteiger partial charge in [-0.25, -0.2) is 0 Å². The first-order valence-corrected chi connectivity index (χ1v) is 8.78.